The molecule has 0 amide bonds. The van der Waals surface area contributed by atoms with Crippen LogP contribution in [0.5, 0.6) is 0 Å². The van der Waals surface area contributed by atoms with Crippen molar-refractivity contribution in [3.63, 3.8) is 0 Å². The van der Waals surface area contributed by atoms with E-state index in [1.165, 1.54) is 78.3 Å². The Morgan fingerprint density at radius 1 is 0.533 bits per heavy atom. The normalized spacial score (nSPS) is 14.0. The van der Waals surface area contributed by atoms with Gasteiger partial charge in [-0.1, -0.05) is 105 Å². The monoisotopic (exact) mass is 578 g/mol. The summed E-state index contributed by atoms with van der Waals surface area (Å²) >= 11 is 0. The molecule has 0 aliphatic heterocycles. The van der Waals surface area contributed by atoms with Gasteiger partial charge in [0, 0.05) is 44.8 Å². The van der Waals surface area contributed by atoms with Gasteiger partial charge in [-0.05, 0) is 101 Å². The van der Waals surface area contributed by atoms with Gasteiger partial charge in [0.1, 0.15) is 0 Å². The molecule has 0 bridgehead atoms. The van der Waals surface area contributed by atoms with Gasteiger partial charge in [0.05, 0.1) is 5.52 Å². The van der Waals surface area contributed by atoms with Gasteiger partial charge >= 0.3 is 0 Å². The van der Waals surface area contributed by atoms with E-state index in [9.17, 15) is 0 Å². The van der Waals surface area contributed by atoms with Crippen LogP contribution in [0.15, 0.2) is 146 Å². The third-order valence-electron chi connectivity index (χ3n) is 10.1. The summed E-state index contributed by atoms with van der Waals surface area (Å²) in [6.45, 7) is 4.72. The van der Waals surface area contributed by atoms with Crippen molar-refractivity contribution in [2.75, 3.05) is 4.90 Å². The first-order valence-electron chi connectivity index (χ1n) is 16.0. The Labute approximate surface area is 264 Å². The zero-order chi connectivity index (χ0) is 30.1. The molecule has 0 unspecified atom stereocenters. The number of para-hydroxylation sites is 3. The van der Waals surface area contributed by atoms with Crippen molar-refractivity contribution in [2.45, 2.75) is 32.1 Å². The Bertz CT molecular complexity index is 2240. The molecule has 0 fully saturated rings. The van der Waals surface area contributed by atoms with Crippen molar-refractivity contribution in [2.24, 2.45) is 0 Å². The van der Waals surface area contributed by atoms with Crippen molar-refractivity contribution in [1.29, 1.82) is 0 Å². The van der Waals surface area contributed by atoms with Gasteiger partial charge in [-0.3, -0.25) is 0 Å². The van der Waals surface area contributed by atoms with Crippen LogP contribution in [-0.2, 0) is 18.3 Å². The van der Waals surface area contributed by atoms with E-state index in [-0.39, 0.29) is 5.41 Å². The van der Waals surface area contributed by atoms with Crippen LogP contribution in [0, 0.1) is 0 Å². The van der Waals surface area contributed by atoms with E-state index in [2.05, 4.69) is 169 Å². The highest BCUT2D eigenvalue weighted by Gasteiger charge is 2.36. The fourth-order valence-corrected chi connectivity index (χ4v) is 7.98. The molecule has 45 heavy (non-hydrogen) atoms. The van der Waals surface area contributed by atoms with Gasteiger partial charge < -0.3 is 9.47 Å². The SMILES string of the molecule is CC1(C)c2ccccc2-c2ccc(N(c3ccccc3)c3ccc4c(c3)CCc3c-4c4ccccc4n3-c3ccccc3)cc21. The summed E-state index contributed by atoms with van der Waals surface area (Å²) in [5.41, 5.74) is 17.1. The third kappa shape index (κ3) is 3.88. The van der Waals surface area contributed by atoms with E-state index in [0.717, 1.165) is 12.8 Å². The summed E-state index contributed by atoms with van der Waals surface area (Å²) in [6.07, 6.45) is 2.01. The lowest BCUT2D eigenvalue weighted by atomic mass is 9.82. The van der Waals surface area contributed by atoms with Crippen LogP contribution in [0.25, 0.3) is 38.8 Å². The maximum absolute atomic E-state index is 2.47. The second-order valence-corrected chi connectivity index (χ2v) is 12.9. The van der Waals surface area contributed by atoms with E-state index in [1.807, 2.05) is 0 Å². The quantitative estimate of drug-likeness (QED) is 0.202. The molecule has 2 aliphatic rings. The zero-order valence-electron chi connectivity index (χ0n) is 25.7. The number of hydrogen-bond acceptors (Lipinski definition) is 1. The van der Waals surface area contributed by atoms with Crippen LogP contribution in [0.3, 0.4) is 0 Å². The first kappa shape index (κ1) is 26.1. The molecule has 2 nitrogen and oxygen atoms in total. The number of anilines is 3. The summed E-state index contributed by atoms with van der Waals surface area (Å²) < 4.78 is 2.47. The Balaban J connectivity index is 1.20. The fourth-order valence-electron chi connectivity index (χ4n) is 7.98. The lowest BCUT2D eigenvalue weighted by Crippen LogP contribution is -2.17. The van der Waals surface area contributed by atoms with Gasteiger partial charge in [-0.15, -0.1) is 0 Å². The number of fused-ring (bicyclic) bond motifs is 8. The van der Waals surface area contributed by atoms with Gasteiger partial charge in [-0.25, -0.2) is 0 Å². The maximum Gasteiger partial charge on any atom is 0.0537 e. The molecule has 0 saturated carbocycles. The van der Waals surface area contributed by atoms with Crippen LogP contribution in [0.2, 0.25) is 0 Å². The zero-order valence-corrected chi connectivity index (χ0v) is 25.7. The Morgan fingerprint density at radius 2 is 1.18 bits per heavy atom. The molecule has 9 rings (SSSR count). The maximum atomic E-state index is 2.47. The van der Waals surface area contributed by atoms with Crippen LogP contribution in [0.4, 0.5) is 17.1 Å². The van der Waals surface area contributed by atoms with E-state index >= 15 is 0 Å². The summed E-state index contributed by atoms with van der Waals surface area (Å²) in [4.78, 5) is 2.43. The predicted molar refractivity (Wildman–Crippen MR) is 188 cm³/mol. The Hall–Kier alpha value is -5.34. The molecule has 0 radical (unpaired) electrons. The predicted octanol–water partition coefficient (Wildman–Crippen LogP) is 11.2. The van der Waals surface area contributed by atoms with E-state index < -0.39 is 0 Å². The number of rotatable bonds is 4. The van der Waals surface area contributed by atoms with Gasteiger partial charge in [-0.2, -0.15) is 0 Å². The van der Waals surface area contributed by atoms with E-state index in [4.69, 9.17) is 0 Å². The van der Waals surface area contributed by atoms with Gasteiger partial charge in [0.25, 0.3) is 0 Å². The molecule has 0 atom stereocenters. The van der Waals surface area contributed by atoms with Crippen molar-refractivity contribution in [1.82, 2.24) is 4.57 Å². The Morgan fingerprint density at radius 3 is 2.00 bits per heavy atom. The summed E-state index contributed by atoms with van der Waals surface area (Å²) in [7, 11) is 0. The highest BCUT2D eigenvalue weighted by atomic mass is 15.1. The minimum atomic E-state index is -0.0521. The molecule has 1 heterocycles. The number of aromatic nitrogens is 1. The first-order valence-corrected chi connectivity index (χ1v) is 16.0. The number of benzene rings is 6. The van der Waals surface area contributed by atoms with Crippen LogP contribution in [-0.4, -0.2) is 4.57 Å². The van der Waals surface area contributed by atoms with Gasteiger partial charge in [0.15, 0.2) is 0 Å². The topological polar surface area (TPSA) is 8.17 Å². The van der Waals surface area contributed by atoms with Crippen molar-refractivity contribution < 1.29 is 0 Å². The lowest BCUT2D eigenvalue weighted by molar-refractivity contribution is 0.660. The molecule has 7 aromatic rings. The molecule has 1 aromatic heterocycles. The molecular weight excluding hydrogens is 544 g/mol. The molecule has 216 valence electrons. The van der Waals surface area contributed by atoms with E-state index in [0.29, 0.717) is 0 Å². The highest BCUT2D eigenvalue weighted by Crippen LogP contribution is 2.51. The van der Waals surface area contributed by atoms with Crippen molar-refractivity contribution >= 4 is 28.0 Å². The number of hydrogen-bond donors (Lipinski definition) is 0. The molecule has 0 saturated heterocycles. The fraction of sp³-hybridized carbons (Fsp3) is 0.116. The van der Waals surface area contributed by atoms with Crippen LogP contribution in [0.1, 0.15) is 36.2 Å². The van der Waals surface area contributed by atoms with Gasteiger partial charge in [0.2, 0.25) is 0 Å². The summed E-state index contributed by atoms with van der Waals surface area (Å²) in [5.74, 6) is 0. The average Bonchev–Trinajstić information content (AvgIpc) is 3.55. The average molecular weight is 579 g/mol. The number of aryl methyl sites for hydroxylation is 1. The largest absolute Gasteiger partial charge is 0.313 e. The third-order valence-corrected chi connectivity index (χ3v) is 10.1. The summed E-state index contributed by atoms with van der Waals surface area (Å²) in [6, 6.07) is 53.6. The Kier molecular flexibility index (Phi) is 5.70. The number of nitrogens with zero attached hydrogens (tertiary/aromatic N) is 2. The minimum absolute atomic E-state index is 0.0521. The molecule has 6 aromatic carbocycles. The second kappa shape index (κ2) is 9.84. The van der Waals surface area contributed by atoms with E-state index in [1.54, 1.807) is 0 Å². The molecule has 0 N–H and O–H groups in total. The summed E-state index contributed by atoms with van der Waals surface area (Å²) in [5, 5.41) is 1.32. The van der Waals surface area contributed by atoms with Crippen molar-refractivity contribution in [3.05, 3.63) is 168 Å². The van der Waals surface area contributed by atoms with Crippen molar-refractivity contribution in [3.8, 4) is 27.9 Å². The van der Waals surface area contributed by atoms with Crippen LogP contribution >= 0.6 is 0 Å². The molecule has 2 aliphatic carbocycles. The standard InChI is InChI=1S/C43H34N2/c1-43(2)38-19-11-9-17-35(38)36-25-23-33(28-39(36)43)44(30-13-5-3-6-14-30)32-22-24-34-29(27-32)21-26-41-42(34)37-18-10-12-20-40(37)45(41)31-15-7-4-8-16-31/h3-20,22-25,27-28H,21,26H2,1-2H3. The smallest absolute Gasteiger partial charge is 0.0537 e. The molecule has 0 spiro atoms. The minimum Gasteiger partial charge on any atom is -0.313 e. The second-order valence-electron chi connectivity index (χ2n) is 12.9. The highest BCUT2D eigenvalue weighted by molar-refractivity contribution is 6.01. The molecular formula is C43H34N2. The van der Waals surface area contributed by atoms with Crippen LogP contribution < -0.4 is 4.90 Å². The molecule has 2 heteroatoms. The first-order chi connectivity index (χ1) is 22.1. The lowest BCUT2D eigenvalue weighted by Gasteiger charge is -2.29.